The lowest BCUT2D eigenvalue weighted by atomic mass is 9.89. The molecule has 4 nitrogen and oxygen atoms in total. The summed E-state index contributed by atoms with van der Waals surface area (Å²) in [4.78, 5) is 17.4. The van der Waals surface area contributed by atoms with Gasteiger partial charge in [0.2, 0.25) is 0 Å². The lowest BCUT2D eigenvalue weighted by Gasteiger charge is -2.23. The molecule has 1 aliphatic rings. The Morgan fingerprint density at radius 2 is 1.89 bits per heavy atom. The molecule has 1 fully saturated rings. The number of hydrogen-bond acceptors (Lipinski definition) is 3. The minimum absolute atomic E-state index is 0.105. The van der Waals surface area contributed by atoms with E-state index in [0.717, 1.165) is 28.7 Å². The van der Waals surface area contributed by atoms with Gasteiger partial charge in [0.25, 0.3) is 5.91 Å². The maximum Gasteiger partial charge on any atom is 0.257 e. The van der Waals surface area contributed by atoms with Crippen LogP contribution in [-0.4, -0.2) is 17.4 Å². The summed E-state index contributed by atoms with van der Waals surface area (Å²) < 4.78 is 0. The number of hydrogen-bond donors (Lipinski definition) is 2. The molecule has 0 aliphatic heterocycles. The van der Waals surface area contributed by atoms with E-state index >= 15 is 0 Å². The van der Waals surface area contributed by atoms with Crippen molar-refractivity contribution in [2.75, 3.05) is 17.2 Å². The Hall–Kier alpha value is -2.88. The van der Waals surface area contributed by atoms with Gasteiger partial charge in [0.05, 0.1) is 23.0 Å². The number of rotatable bonds is 5. The predicted molar refractivity (Wildman–Crippen MR) is 116 cm³/mol. The third-order valence-corrected chi connectivity index (χ3v) is 5.66. The second kappa shape index (κ2) is 8.42. The summed E-state index contributed by atoms with van der Waals surface area (Å²) in [7, 11) is 0. The standard InChI is InChI=1S/C24H27N3O/c1-17-8-7-12-21(23(17)26-15-18-9-3-2-4-10-18)24(28)27-20-14-19-11-5-6-13-22(19)25-16-20/h5-8,11-14,16,18,26H,2-4,9-10,15H2,1H3,(H,27,28). The number of aromatic nitrogens is 1. The Morgan fingerprint density at radius 1 is 1.07 bits per heavy atom. The van der Waals surface area contributed by atoms with E-state index in [9.17, 15) is 4.79 Å². The topological polar surface area (TPSA) is 54.0 Å². The Morgan fingerprint density at radius 3 is 2.75 bits per heavy atom. The summed E-state index contributed by atoms with van der Waals surface area (Å²) >= 11 is 0. The highest BCUT2D eigenvalue weighted by atomic mass is 16.1. The summed E-state index contributed by atoms with van der Waals surface area (Å²) in [6.45, 7) is 2.99. The molecule has 144 valence electrons. The first-order chi connectivity index (χ1) is 13.7. The van der Waals surface area contributed by atoms with Gasteiger partial charge in [-0.2, -0.15) is 0 Å². The van der Waals surface area contributed by atoms with Crippen molar-refractivity contribution in [3.8, 4) is 0 Å². The fourth-order valence-electron chi connectivity index (χ4n) is 4.07. The Labute approximate surface area is 166 Å². The molecule has 2 aromatic carbocycles. The zero-order chi connectivity index (χ0) is 19.3. The van der Waals surface area contributed by atoms with E-state index in [1.165, 1.54) is 32.1 Å². The molecule has 1 aromatic heterocycles. The first-order valence-corrected chi connectivity index (χ1v) is 10.2. The highest BCUT2D eigenvalue weighted by molar-refractivity contribution is 6.08. The number of anilines is 2. The number of benzene rings is 2. The maximum atomic E-state index is 13.0. The molecule has 4 heteroatoms. The number of nitrogens with zero attached hydrogens (tertiary/aromatic N) is 1. The van der Waals surface area contributed by atoms with Crippen LogP contribution in [0.1, 0.15) is 48.0 Å². The molecule has 0 spiro atoms. The fourth-order valence-corrected chi connectivity index (χ4v) is 4.07. The van der Waals surface area contributed by atoms with Gasteiger partial charge in [0, 0.05) is 17.6 Å². The molecule has 1 aliphatic carbocycles. The molecule has 2 N–H and O–H groups in total. The largest absolute Gasteiger partial charge is 0.384 e. The molecule has 1 saturated carbocycles. The highest BCUT2D eigenvalue weighted by Crippen LogP contribution is 2.27. The van der Waals surface area contributed by atoms with Gasteiger partial charge in [0.15, 0.2) is 0 Å². The second-order valence-corrected chi connectivity index (χ2v) is 7.75. The van der Waals surface area contributed by atoms with Crippen LogP contribution >= 0.6 is 0 Å². The molecule has 0 bridgehead atoms. The lowest BCUT2D eigenvalue weighted by Crippen LogP contribution is -2.20. The minimum atomic E-state index is -0.105. The second-order valence-electron chi connectivity index (χ2n) is 7.75. The van der Waals surface area contributed by atoms with Crippen LogP contribution in [0.4, 0.5) is 11.4 Å². The normalized spacial score (nSPS) is 14.8. The quantitative estimate of drug-likeness (QED) is 0.595. The van der Waals surface area contributed by atoms with Crippen LogP contribution in [0.3, 0.4) is 0 Å². The van der Waals surface area contributed by atoms with E-state index in [0.29, 0.717) is 17.2 Å². The Bertz CT molecular complexity index is 977. The fraction of sp³-hybridized carbons (Fsp3) is 0.333. The van der Waals surface area contributed by atoms with Crippen molar-refractivity contribution in [3.05, 3.63) is 65.9 Å². The summed E-state index contributed by atoms with van der Waals surface area (Å²) in [5.41, 5.74) is 4.36. The average molecular weight is 374 g/mol. The number of aryl methyl sites for hydroxylation is 1. The molecule has 1 heterocycles. The molecule has 0 atom stereocenters. The van der Waals surface area contributed by atoms with Gasteiger partial charge in [-0.05, 0) is 49.4 Å². The van der Waals surface area contributed by atoms with Crippen molar-refractivity contribution < 1.29 is 4.79 Å². The Balaban J connectivity index is 1.52. The van der Waals surface area contributed by atoms with Crippen LogP contribution in [0.15, 0.2) is 54.7 Å². The van der Waals surface area contributed by atoms with Gasteiger partial charge >= 0.3 is 0 Å². The van der Waals surface area contributed by atoms with Crippen LogP contribution in [0.5, 0.6) is 0 Å². The van der Waals surface area contributed by atoms with Crippen LogP contribution in [0.25, 0.3) is 10.9 Å². The molecule has 3 aromatic rings. The van der Waals surface area contributed by atoms with Crippen molar-refractivity contribution in [1.29, 1.82) is 0 Å². The number of nitrogens with one attached hydrogen (secondary N) is 2. The number of amides is 1. The molecule has 0 saturated heterocycles. The summed E-state index contributed by atoms with van der Waals surface area (Å²) in [6.07, 6.45) is 8.27. The molecule has 28 heavy (non-hydrogen) atoms. The maximum absolute atomic E-state index is 13.0. The molecule has 4 rings (SSSR count). The van der Waals surface area contributed by atoms with Crippen molar-refractivity contribution in [3.63, 3.8) is 0 Å². The highest BCUT2D eigenvalue weighted by Gasteiger charge is 2.17. The number of fused-ring (bicyclic) bond motifs is 1. The van der Waals surface area contributed by atoms with Gasteiger partial charge in [-0.15, -0.1) is 0 Å². The first kappa shape index (κ1) is 18.5. The van der Waals surface area contributed by atoms with Crippen LogP contribution < -0.4 is 10.6 Å². The average Bonchev–Trinajstić information content (AvgIpc) is 2.73. The van der Waals surface area contributed by atoms with Crippen molar-refractivity contribution in [1.82, 2.24) is 4.98 Å². The summed E-state index contributed by atoms with van der Waals surface area (Å²) in [5, 5.41) is 7.60. The summed E-state index contributed by atoms with van der Waals surface area (Å²) in [6, 6.07) is 15.8. The van der Waals surface area contributed by atoms with E-state index in [-0.39, 0.29) is 5.91 Å². The van der Waals surface area contributed by atoms with E-state index in [2.05, 4.69) is 28.6 Å². The molecular formula is C24H27N3O. The van der Waals surface area contributed by atoms with Crippen molar-refractivity contribution >= 4 is 28.2 Å². The van der Waals surface area contributed by atoms with Gasteiger partial charge in [-0.1, -0.05) is 49.6 Å². The zero-order valence-electron chi connectivity index (χ0n) is 16.4. The van der Waals surface area contributed by atoms with Gasteiger partial charge in [0.1, 0.15) is 0 Å². The number of pyridine rings is 1. The number of para-hydroxylation sites is 2. The van der Waals surface area contributed by atoms with Crippen LogP contribution in [0.2, 0.25) is 0 Å². The van der Waals surface area contributed by atoms with E-state index in [4.69, 9.17) is 0 Å². The molecule has 0 radical (unpaired) electrons. The van der Waals surface area contributed by atoms with E-state index < -0.39 is 0 Å². The minimum Gasteiger partial charge on any atom is -0.384 e. The molecule has 1 amide bonds. The smallest absolute Gasteiger partial charge is 0.257 e. The van der Waals surface area contributed by atoms with Gasteiger partial charge in [-0.3, -0.25) is 9.78 Å². The van der Waals surface area contributed by atoms with Crippen molar-refractivity contribution in [2.24, 2.45) is 5.92 Å². The van der Waals surface area contributed by atoms with Gasteiger partial charge < -0.3 is 10.6 Å². The number of carbonyl (C=O) groups is 1. The molecule has 0 unspecified atom stereocenters. The SMILES string of the molecule is Cc1cccc(C(=O)Nc2cnc3ccccc3c2)c1NCC1CCCCC1. The number of carbonyl (C=O) groups excluding carboxylic acids is 1. The van der Waals surface area contributed by atoms with Crippen LogP contribution in [-0.2, 0) is 0 Å². The summed E-state index contributed by atoms with van der Waals surface area (Å²) in [5.74, 6) is 0.598. The predicted octanol–water partition coefficient (Wildman–Crippen LogP) is 5.79. The third-order valence-electron chi connectivity index (χ3n) is 5.66. The van der Waals surface area contributed by atoms with E-state index in [1.807, 2.05) is 42.5 Å². The monoisotopic (exact) mass is 373 g/mol. The first-order valence-electron chi connectivity index (χ1n) is 10.2. The van der Waals surface area contributed by atoms with Crippen LogP contribution in [0, 0.1) is 12.8 Å². The Kier molecular flexibility index (Phi) is 5.56. The van der Waals surface area contributed by atoms with E-state index in [1.54, 1.807) is 6.20 Å². The third kappa shape index (κ3) is 4.16. The molecular weight excluding hydrogens is 346 g/mol. The zero-order valence-corrected chi connectivity index (χ0v) is 16.4. The van der Waals surface area contributed by atoms with Crippen molar-refractivity contribution in [2.45, 2.75) is 39.0 Å². The van der Waals surface area contributed by atoms with Gasteiger partial charge in [-0.25, -0.2) is 0 Å². The lowest BCUT2D eigenvalue weighted by molar-refractivity contribution is 0.102.